The third-order valence-corrected chi connectivity index (χ3v) is 6.10. The topological polar surface area (TPSA) is 60.4 Å². The lowest BCUT2D eigenvalue weighted by Gasteiger charge is -2.27. The Kier molecular flexibility index (Phi) is 6.75. The molecule has 31 heavy (non-hydrogen) atoms. The minimum Gasteiger partial charge on any atom is -0.497 e. The second kappa shape index (κ2) is 9.86. The third-order valence-electron chi connectivity index (χ3n) is 6.10. The molecule has 0 unspecified atom stereocenters. The molecule has 0 aromatic heterocycles. The monoisotopic (exact) mass is 422 g/mol. The zero-order valence-corrected chi connectivity index (χ0v) is 18.3. The maximum atomic E-state index is 13.3. The smallest absolute Gasteiger partial charge is 0.226 e. The SMILES string of the molecule is COc1ccc(C2=NO[C@H](CN(Cc3cccc(OC)c3)C(=O)C3CCCC3)C2)cc1. The fraction of sp³-hybridized carbons (Fsp3) is 0.440. The molecule has 1 fully saturated rings. The Hall–Kier alpha value is -3.02. The Labute approximate surface area is 183 Å². The summed E-state index contributed by atoms with van der Waals surface area (Å²) in [6.45, 7) is 1.07. The molecule has 2 aromatic rings. The molecule has 0 saturated heterocycles. The summed E-state index contributed by atoms with van der Waals surface area (Å²) in [5, 5.41) is 4.31. The molecule has 6 heteroatoms. The van der Waals surface area contributed by atoms with Crippen molar-refractivity contribution < 1.29 is 19.1 Å². The average molecular weight is 423 g/mol. The van der Waals surface area contributed by atoms with Gasteiger partial charge in [0.15, 0.2) is 6.10 Å². The first-order valence-electron chi connectivity index (χ1n) is 10.9. The second-order valence-electron chi connectivity index (χ2n) is 8.25. The van der Waals surface area contributed by atoms with E-state index in [0.717, 1.165) is 54.0 Å². The number of rotatable bonds is 8. The van der Waals surface area contributed by atoms with E-state index in [9.17, 15) is 4.79 Å². The van der Waals surface area contributed by atoms with Gasteiger partial charge in [0.25, 0.3) is 0 Å². The predicted octanol–water partition coefficient (Wildman–Crippen LogP) is 4.42. The van der Waals surface area contributed by atoms with Crippen molar-refractivity contribution in [3.05, 3.63) is 59.7 Å². The Balaban J connectivity index is 1.44. The molecule has 1 heterocycles. The molecule has 0 spiro atoms. The Bertz CT molecular complexity index is 919. The summed E-state index contributed by atoms with van der Waals surface area (Å²) in [5.41, 5.74) is 2.98. The molecule has 0 bridgehead atoms. The van der Waals surface area contributed by atoms with Gasteiger partial charge in [0.05, 0.1) is 26.5 Å². The van der Waals surface area contributed by atoms with Crippen molar-refractivity contribution in [3.63, 3.8) is 0 Å². The maximum absolute atomic E-state index is 13.3. The average Bonchev–Trinajstić information content (AvgIpc) is 3.51. The molecule has 1 amide bonds. The number of hydrogen-bond donors (Lipinski definition) is 0. The number of carbonyl (C=O) groups excluding carboxylic acids is 1. The summed E-state index contributed by atoms with van der Waals surface area (Å²) in [6.07, 6.45) is 4.76. The van der Waals surface area contributed by atoms with Crippen LogP contribution in [0.3, 0.4) is 0 Å². The van der Waals surface area contributed by atoms with Crippen molar-refractivity contribution in [2.24, 2.45) is 11.1 Å². The molecular formula is C25H30N2O4. The molecule has 1 aliphatic carbocycles. The summed E-state index contributed by atoms with van der Waals surface area (Å²) in [6, 6.07) is 15.7. The molecule has 4 rings (SSSR count). The highest BCUT2D eigenvalue weighted by Crippen LogP contribution is 2.28. The lowest BCUT2D eigenvalue weighted by Crippen LogP contribution is -2.40. The number of methoxy groups -OCH3 is 2. The number of nitrogens with zero attached hydrogens (tertiary/aromatic N) is 2. The largest absolute Gasteiger partial charge is 0.497 e. The van der Waals surface area contributed by atoms with Gasteiger partial charge in [-0.15, -0.1) is 0 Å². The van der Waals surface area contributed by atoms with Crippen LogP contribution in [0.5, 0.6) is 11.5 Å². The zero-order chi connectivity index (χ0) is 21.6. The number of ether oxygens (including phenoxy) is 2. The van der Waals surface area contributed by atoms with Crippen molar-refractivity contribution in [2.45, 2.75) is 44.8 Å². The Morgan fingerprint density at radius 3 is 2.52 bits per heavy atom. The fourth-order valence-electron chi connectivity index (χ4n) is 4.38. The van der Waals surface area contributed by atoms with Crippen LogP contribution in [0.4, 0.5) is 0 Å². The van der Waals surface area contributed by atoms with Gasteiger partial charge in [-0.05, 0) is 60.4 Å². The quantitative estimate of drug-likeness (QED) is 0.632. The van der Waals surface area contributed by atoms with Crippen molar-refractivity contribution >= 4 is 11.6 Å². The molecule has 2 aromatic carbocycles. The maximum Gasteiger partial charge on any atom is 0.226 e. The molecular weight excluding hydrogens is 392 g/mol. The highest BCUT2D eigenvalue weighted by molar-refractivity contribution is 6.01. The van der Waals surface area contributed by atoms with Gasteiger partial charge in [-0.3, -0.25) is 4.79 Å². The number of hydrogen-bond acceptors (Lipinski definition) is 5. The van der Waals surface area contributed by atoms with E-state index in [2.05, 4.69) is 5.16 Å². The van der Waals surface area contributed by atoms with Crippen LogP contribution >= 0.6 is 0 Å². The number of oxime groups is 1. The third kappa shape index (κ3) is 5.19. The fourth-order valence-corrected chi connectivity index (χ4v) is 4.38. The number of carbonyl (C=O) groups is 1. The molecule has 1 aliphatic heterocycles. The second-order valence-corrected chi connectivity index (χ2v) is 8.25. The van der Waals surface area contributed by atoms with Crippen LogP contribution in [-0.2, 0) is 16.2 Å². The van der Waals surface area contributed by atoms with Crippen LogP contribution in [0.2, 0.25) is 0 Å². The van der Waals surface area contributed by atoms with E-state index in [1.165, 1.54) is 0 Å². The molecule has 1 atom stereocenters. The standard InChI is InChI=1S/C25H30N2O4/c1-29-21-12-10-19(11-13-21)24-15-23(31-26-24)17-27(25(28)20-7-3-4-8-20)16-18-6-5-9-22(14-18)30-2/h5-6,9-14,20,23H,3-4,7-8,15-17H2,1-2H3/t23-/m0/s1. The summed E-state index contributed by atoms with van der Waals surface area (Å²) >= 11 is 0. The number of amides is 1. The molecule has 6 nitrogen and oxygen atoms in total. The van der Waals surface area contributed by atoms with Crippen molar-refractivity contribution in [2.75, 3.05) is 20.8 Å². The van der Waals surface area contributed by atoms with Crippen LogP contribution < -0.4 is 9.47 Å². The highest BCUT2D eigenvalue weighted by atomic mass is 16.6. The van der Waals surface area contributed by atoms with Crippen molar-refractivity contribution in [1.29, 1.82) is 0 Å². The van der Waals surface area contributed by atoms with Crippen molar-refractivity contribution in [1.82, 2.24) is 4.90 Å². The van der Waals surface area contributed by atoms with E-state index < -0.39 is 0 Å². The van der Waals surface area contributed by atoms with Gasteiger partial charge < -0.3 is 19.2 Å². The zero-order valence-electron chi connectivity index (χ0n) is 18.3. The van der Waals surface area contributed by atoms with Crippen LogP contribution in [0.15, 0.2) is 53.7 Å². The minimum absolute atomic E-state index is 0.119. The summed E-state index contributed by atoms with van der Waals surface area (Å²) in [7, 11) is 3.31. The van der Waals surface area contributed by atoms with Gasteiger partial charge in [0, 0.05) is 18.9 Å². The van der Waals surface area contributed by atoms with Gasteiger partial charge in [0.2, 0.25) is 5.91 Å². The normalized spacial score (nSPS) is 18.4. The highest BCUT2D eigenvalue weighted by Gasteiger charge is 2.31. The Morgan fingerprint density at radius 2 is 1.81 bits per heavy atom. The van der Waals surface area contributed by atoms with Crippen LogP contribution in [-0.4, -0.2) is 43.4 Å². The molecule has 2 aliphatic rings. The van der Waals surface area contributed by atoms with Crippen LogP contribution in [0.25, 0.3) is 0 Å². The van der Waals surface area contributed by atoms with E-state index in [0.29, 0.717) is 19.5 Å². The lowest BCUT2D eigenvalue weighted by atomic mass is 10.0. The van der Waals surface area contributed by atoms with E-state index in [4.69, 9.17) is 14.3 Å². The van der Waals surface area contributed by atoms with Gasteiger partial charge >= 0.3 is 0 Å². The lowest BCUT2D eigenvalue weighted by molar-refractivity contribution is -0.137. The van der Waals surface area contributed by atoms with Crippen molar-refractivity contribution in [3.8, 4) is 11.5 Å². The van der Waals surface area contributed by atoms with E-state index in [1.807, 2.05) is 53.4 Å². The van der Waals surface area contributed by atoms with Gasteiger partial charge in [-0.1, -0.05) is 30.1 Å². The summed E-state index contributed by atoms with van der Waals surface area (Å²) < 4.78 is 10.6. The summed E-state index contributed by atoms with van der Waals surface area (Å²) in [4.78, 5) is 21.0. The summed E-state index contributed by atoms with van der Waals surface area (Å²) in [5.74, 6) is 1.95. The van der Waals surface area contributed by atoms with Gasteiger partial charge in [-0.25, -0.2) is 0 Å². The van der Waals surface area contributed by atoms with E-state index >= 15 is 0 Å². The molecule has 0 N–H and O–H groups in total. The first kappa shape index (κ1) is 21.2. The first-order chi connectivity index (χ1) is 15.2. The predicted molar refractivity (Wildman–Crippen MR) is 119 cm³/mol. The van der Waals surface area contributed by atoms with E-state index in [-0.39, 0.29) is 17.9 Å². The first-order valence-corrected chi connectivity index (χ1v) is 10.9. The van der Waals surface area contributed by atoms with Gasteiger partial charge in [-0.2, -0.15) is 0 Å². The minimum atomic E-state index is -0.145. The van der Waals surface area contributed by atoms with Crippen LogP contribution in [0, 0.1) is 5.92 Å². The van der Waals surface area contributed by atoms with Crippen LogP contribution in [0.1, 0.15) is 43.2 Å². The van der Waals surface area contributed by atoms with Gasteiger partial charge in [0.1, 0.15) is 11.5 Å². The Morgan fingerprint density at radius 1 is 1.06 bits per heavy atom. The molecule has 0 radical (unpaired) electrons. The molecule has 1 saturated carbocycles. The number of benzene rings is 2. The molecule has 164 valence electrons. The van der Waals surface area contributed by atoms with E-state index in [1.54, 1.807) is 14.2 Å².